The van der Waals surface area contributed by atoms with E-state index in [4.69, 9.17) is 5.73 Å². The summed E-state index contributed by atoms with van der Waals surface area (Å²) in [5, 5.41) is 0. The zero-order chi connectivity index (χ0) is 12.8. The number of ketones is 1. The van der Waals surface area contributed by atoms with Crippen LogP contribution < -0.4 is 5.73 Å². The summed E-state index contributed by atoms with van der Waals surface area (Å²) in [4.78, 5) is 15.6. The fraction of sp³-hybridized carbons (Fsp3) is 0.538. The van der Waals surface area contributed by atoms with E-state index in [-0.39, 0.29) is 11.7 Å². The lowest BCUT2D eigenvalue weighted by Gasteiger charge is -2.15. The van der Waals surface area contributed by atoms with Crippen molar-refractivity contribution >= 4 is 5.78 Å². The molecule has 0 aliphatic rings. The third kappa shape index (κ3) is 4.61. The van der Waals surface area contributed by atoms with Gasteiger partial charge in [-0.3, -0.25) is 9.78 Å². The van der Waals surface area contributed by atoms with Gasteiger partial charge in [0.05, 0.1) is 6.20 Å². The molecule has 0 aliphatic carbocycles. The molecule has 0 aromatic carbocycles. The molecular formula is C13H19FN2O. The average Bonchev–Trinajstić information content (AvgIpc) is 2.27. The van der Waals surface area contributed by atoms with Crippen molar-refractivity contribution < 1.29 is 9.18 Å². The third-order valence-electron chi connectivity index (χ3n) is 2.64. The number of carbonyl (C=O) groups is 1. The molecule has 0 saturated heterocycles. The second-order valence-corrected chi connectivity index (χ2v) is 4.75. The minimum atomic E-state index is -0.482. The Hall–Kier alpha value is -1.29. The first-order chi connectivity index (χ1) is 8.02. The lowest BCUT2D eigenvalue weighted by Crippen LogP contribution is -2.20. The van der Waals surface area contributed by atoms with Gasteiger partial charge in [-0.25, -0.2) is 4.39 Å². The first kappa shape index (κ1) is 13.8. The summed E-state index contributed by atoms with van der Waals surface area (Å²) in [6.07, 6.45) is 3.75. The molecule has 4 heteroatoms. The smallest absolute Gasteiger partial charge is 0.164 e. The Morgan fingerprint density at radius 1 is 1.47 bits per heavy atom. The molecule has 1 aromatic heterocycles. The Balaban J connectivity index is 2.64. The van der Waals surface area contributed by atoms with Gasteiger partial charge in [-0.2, -0.15) is 0 Å². The van der Waals surface area contributed by atoms with E-state index in [1.807, 2.05) is 0 Å². The van der Waals surface area contributed by atoms with Gasteiger partial charge in [0, 0.05) is 18.2 Å². The molecule has 0 bridgehead atoms. The number of carbonyl (C=O) groups excluding carboxylic acids is 1. The van der Waals surface area contributed by atoms with Gasteiger partial charge in [0.1, 0.15) is 5.82 Å². The van der Waals surface area contributed by atoms with Gasteiger partial charge in [-0.15, -0.1) is 0 Å². The maximum absolute atomic E-state index is 12.9. The second kappa shape index (κ2) is 6.45. The summed E-state index contributed by atoms with van der Waals surface area (Å²) in [7, 11) is 0. The standard InChI is InChI=1S/C13H19FN2O/c1-9(2)3-10(6-15)4-13(17)11-5-12(14)8-16-7-11/h5,7-10H,3-4,6,15H2,1-2H3. The van der Waals surface area contributed by atoms with Crippen LogP contribution in [0.25, 0.3) is 0 Å². The fourth-order valence-corrected chi connectivity index (χ4v) is 1.87. The van der Waals surface area contributed by atoms with Gasteiger partial charge in [-0.05, 0) is 30.9 Å². The number of pyridine rings is 1. The van der Waals surface area contributed by atoms with E-state index < -0.39 is 5.82 Å². The molecule has 0 radical (unpaired) electrons. The number of nitrogens with two attached hydrogens (primary N) is 1. The van der Waals surface area contributed by atoms with E-state index in [1.165, 1.54) is 12.3 Å². The van der Waals surface area contributed by atoms with Crippen molar-refractivity contribution in [3.63, 3.8) is 0 Å². The number of rotatable bonds is 6. The summed E-state index contributed by atoms with van der Waals surface area (Å²) < 4.78 is 12.9. The monoisotopic (exact) mass is 238 g/mol. The highest BCUT2D eigenvalue weighted by Gasteiger charge is 2.16. The predicted octanol–water partition coefficient (Wildman–Crippen LogP) is 2.41. The fourth-order valence-electron chi connectivity index (χ4n) is 1.87. The first-order valence-electron chi connectivity index (χ1n) is 5.86. The summed E-state index contributed by atoms with van der Waals surface area (Å²) in [5.41, 5.74) is 5.96. The normalized spacial score (nSPS) is 12.8. The quantitative estimate of drug-likeness (QED) is 0.774. The van der Waals surface area contributed by atoms with E-state index in [9.17, 15) is 9.18 Å². The predicted molar refractivity (Wildman–Crippen MR) is 65.1 cm³/mol. The minimum Gasteiger partial charge on any atom is -0.330 e. The van der Waals surface area contributed by atoms with Crippen LogP contribution >= 0.6 is 0 Å². The molecule has 0 spiro atoms. The van der Waals surface area contributed by atoms with Gasteiger partial charge in [0.2, 0.25) is 0 Å². The van der Waals surface area contributed by atoms with Crippen molar-refractivity contribution in [3.8, 4) is 0 Å². The first-order valence-corrected chi connectivity index (χ1v) is 5.86. The van der Waals surface area contributed by atoms with E-state index in [0.29, 0.717) is 24.4 Å². The van der Waals surface area contributed by atoms with Crippen LogP contribution in [0.4, 0.5) is 4.39 Å². The Labute approximate surface area is 101 Å². The number of Topliss-reactive ketones (excluding diaryl/α,β-unsaturated/α-hetero) is 1. The summed E-state index contributed by atoms with van der Waals surface area (Å²) >= 11 is 0. The summed E-state index contributed by atoms with van der Waals surface area (Å²) in [5.74, 6) is 0.0878. The Morgan fingerprint density at radius 2 is 2.18 bits per heavy atom. The van der Waals surface area contributed by atoms with Crippen molar-refractivity contribution in [1.29, 1.82) is 0 Å². The van der Waals surface area contributed by atoms with Crippen molar-refractivity contribution in [2.45, 2.75) is 26.7 Å². The van der Waals surface area contributed by atoms with E-state index >= 15 is 0 Å². The van der Waals surface area contributed by atoms with Gasteiger partial charge in [-0.1, -0.05) is 13.8 Å². The largest absolute Gasteiger partial charge is 0.330 e. The van der Waals surface area contributed by atoms with Crippen LogP contribution in [0.5, 0.6) is 0 Å². The van der Waals surface area contributed by atoms with Crippen molar-refractivity contribution in [2.75, 3.05) is 6.54 Å². The molecule has 17 heavy (non-hydrogen) atoms. The summed E-state index contributed by atoms with van der Waals surface area (Å²) in [6.45, 7) is 4.67. The van der Waals surface area contributed by atoms with Crippen LogP contribution in [-0.4, -0.2) is 17.3 Å². The number of hydrogen-bond donors (Lipinski definition) is 1. The van der Waals surface area contributed by atoms with Crippen molar-refractivity contribution in [1.82, 2.24) is 4.98 Å². The lowest BCUT2D eigenvalue weighted by atomic mass is 9.91. The molecule has 94 valence electrons. The van der Waals surface area contributed by atoms with Crippen LogP contribution in [0.15, 0.2) is 18.5 Å². The Bertz CT molecular complexity index is 379. The van der Waals surface area contributed by atoms with E-state index in [2.05, 4.69) is 18.8 Å². The highest BCUT2D eigenvalue weighted by molar-refractivity contribution is 5.95. The third-order valence-corrected chi connectivity index (χ3v) is 2.64. The molecule has 0 aliphatic heterocycles. The summed E-state index contributed by atoms with van der Waals surface area (Å²) in [6, 6.07) is 1.22. The van der Waals surface area contributed by atoms with Crippen LogP contribution in [0.3, 0.4) is 0 Å². The van der Waals surface area contributed by atoms with Gasteiger partial charge < -0.3 is 5.73 Å². The maximum Gasteiger partial charge on any atom is 0.164 e. The highest BCUT2D eigenvalue weighted by atomic mass is 19.1. The van der Waals surface area contributed by atoms with Crippen LogP contribution in [0.2, 0.25) is 0 Å². The zero-order valence-corrected chi connectivity index (χ0v) is 10.3. The second-order valence-electron chi connectivity index (χ2n) is 4.75. The van der Waals surface area contributed by atoms with Gasteiger partial charge in [0.25, 0.3) is 0 Å². The molecule has 0 fully saturated rings. The van der Waals surface area contributed by atoms with Crippen LogP contribution in [0, 0.1) is 17.7 Å². The molecular weight excluding hydrogens is 219 g/mol. The van der Waals surface area contributed by atoms with Crippen molar-refractivity contribution in [2.24, 2.45) is 17.6 Å². The molecule has 1 heterocycles. The number of hydrogen-bond acceptors (Lipinski definition) is 3. The van der Waals surface area contributed by atoms with E-state index in [1.54, 1.807) is 0 Å². The highest BCUT2D eigenvalue weighted by Crippen LogP contribution is 2.17. The lowest BCUT2D eigenvalue weighted by molar-refractivity contribution is 0.0956. The molecule has 2 N–H and O–H groups in total. The number of nitrogens with zero attached hydrogens (tertiary/aromatic N) is 1. The number of aromatic nitrogens is 1. The zero-order valence-electron chi connectivity index (χ0n) is 10.3. The van der Waals surface area contributed by atoms with E-state index in [0.717, 1.165) is 12.6 Å². The van der Waals surface area contributed by atoms with Gasteiger partial charge in [0.15, 0.2) is 5.78 Å². The molecule has 0 saturated carbocycles. The van der Waals surface area contributed by atoms with Gasteiger partial charge >= 0.3 is 0 Å². The molecule has 1 atom stereocenters. The van der Waals surface area contributed by atoms with Crippen LogP contribution in [-0.2, 0) is 0 Å². The molecule has 1 unspecified atom stereocenters. The molecule has 1 aromatic rings. The minimum absolute atomic E-state index is 0.0897. The SMILES string of the molecule is CC(C)CC(CN)CC(=O)c1cncc(F)c1. The van der Waals surface area contributed by atoms with Crippen molar-refractivity contribution in [3.05, 3.63) is 29.8 Å². The Kier molecular flexibility index (Phi) is 5.22. The molecule has 1 rings (SSSR count). The maximum atomic E-state index is 12.9. The van der Waals surface area contributed by atoms with Crippen LogP contribution in [0.1, 0.15) is 37.0 Å². The average molecular weight is 238 g/mol. The number of halogens is 1. The Morgan fingerprint density at radius 3 is 2.71 bits per heavy atom. The molecule has 0 amide bonds. The topological polar surface area (TPSA) is 56.0 Å². The molecule has 3 nitrogen and oxygen atoms in total.